The number of rotatable bonds is 6. The summed E-state index contributed by atoms with van der Waals surface area (Å²) in [5.74, 6) is -0.0929. The lowest BCUT2D eigenvalue weighted by atomic mass is 10.0. The Hall–Kier alpha value is -1.30. The van der Waals surface area contributed by atoms with Gasteiger partial charge in [-0.2, -0.15) is 0 Å². The van der Waals surface area contributed by atoms with E-state index in [4.69, 9.17) is 15.7 Å². The van der Waals surface area contributed by atoms with E-state index in [0.717, 1.165) is 0 Å². The Kier molecular flexibility index (Phi) is 5.95. The Morgan fingerprint density at radius 1 is 1.59 bits per heavy atom. The van der Waals surface area contributed by atoms with Gasteiger partial charge in [0.05, 0.1) is 12.0 Å². The minimum absolute atomic E-state index is 0.0329. The molecule has 0 heterocycles. The van der Waals surface area contributed by atoms with Gasteiger partial charge in [0.2, 0.25) is 5.91 Å². The molecule has 1 atom stereocenters. The van der Waals surface area contributed by atoms with Crippen molar-refractivity contribution in [1.29, 1.82) is 0 Å². The molecule has 0 bridgehead atoms. The highest BCUT2D eigenvalue weighted by atomic mass is 16.5. The van der Waals surface area contributed by atoms with Gasteiger partial charge in [-0.3, -0.25) is 4.79 Å². The van der Waals surface area contributed by atoms with Crippen molar-refractivity contribution in [2.75, 3.05) is 20.7 Å². The zero-order chi connectivity index (χ0) is 13.6. The summed E-state index contributed by atoms with van der Waals surface area (Å²) in [4.78, 5) is 13.4. The normalized spacial score (nSPS) is 14.5. The third-order valence-electron chi connectivity index (χ3n) is 2.72. The minimum Gasteiger partial charge on any atom is -0.409 e. The van der Waals surface area contributed by atoms with Crippen LogP contribution in [0.1, 0.15) is 27.2 Å². The third kappa shape index (κ3) is 5.53. The largest absolute Gasteiger partial charge is 0.409 e. The van der Waals surface area contributed by atoms with Crippen molar-refractivity contribution in [2.45, 2.75) is 32.8 Å². The maximum atomic E-state index is 11.9. The van der Waals surface area contributed by atoms with E-state index in [-0.39, 0.29) is 17.7 Å². The molecule has 0 saturated carbocycles. The lowest BCUT2D eigenvalue weighted by Crippen LogP contribution is -2.39. The molecule has 17 heavy (non-hydrogen) atoms. The summed E-state index contributed by atoms with van der Waals surface area (Å²) in [7, 11) is 3.27. The lowest BCUT2D eigenvalue weighted by Gasteiger charge is -2.27. The van der Waals surface area contributed by atoms with Crippen LogP contribution in [0.15, 0.2) is 5.16 Å². The molecule has 6 nitrogen and oxygen atoms in total. The SMILES string of the molecule is COC(C)(C)CC(=O)N(C)CC(C)C(N)=NO. The zero-order valence-electron chi connectivity index (χ0n) is 11.2. The second kappa shape index (κ2) is 6.44. The number of nitrogens with zero attached hydrogens (tertiary/aromatic N) is 2. The van der Waals surface area contributed by atoms with Crippen molar-refractivity contribution in [2.24, 2.45) is 16.8 Å². The van der Waals surface area contributed by atoms with Gasteiger partial charge >= 0.3 is 0 Å². The summed E-state index contributed by atoms with van der Waals surface area (Å²) in [6.45, 7) is 5.91. The Balaban J connectivity index is 4.33. The number of nitrogens with two attached hydrogens (primary N) is 1. The van der Waals surface area contributed by atoms with Gasteiger partial charge in [-0.25, -0.2) is 0 Å². The fourth-order valence-corrected chi connectivity index (χ4v) is 1.28. The molecule has 0 spiro atoms. The van der Waals surface area contributed by atoms with Gasteiger partial charge in [0, 0.05) is 26.6 Å². The smallest absolute Gasteiger partial charge is 0.225 e. The van der Waals surface area contributed by atoms with Gasteiger partial charge in [0.15, 0.2) is 0 Å². The van der Waals surface area contributed by atoms with Crippen LogP contribution >= 0.6 is 0 Å². The number of amides is 1. The standard InChI is InChI=1S/C11H23N3O3/c1-8(10(12)13-16)7-14(4)9(15)6-11(2,3)17-5/h8,16H,6-7H2,1-5H3,(H2,12,13). The molecule has 0 aliphatic carbocycles. The molecule has 3 N–H and O–H groups in total. The number of methoxy groups -OCH3 is 1. The predicted octanol–water partition coefficient (Wildman–Crippen LogP) is 0.642. The monoisotopic (exact) mass is 245 g/mol. The second-order valence-corrected chi connectivity index (χ2v) is 4.84. The van der Waals surface area contributed by atoms with Gasteiger partial charge in [-0.1, -0.05) is 12.1 Å². The summed E-state index contributed by atoms with van der Waals surface area (Å²) in [6.07, 6.45) is 0.295. The van der Waals surface area contributed by atoms with E-state index in [2.05, 4.69) is 5.16 Å². The van der Waals surface area contributed by atoms with Crippen molar-refractivity contribution < 1.29 is 14.7 Å². The summed E-state index contributed by atoms with van der Waals surface area (Å²) >= 11 is 0. The molecule has 0 rings (SSSR count). The molecule has 0 aliphatic heterocycles. The van der Waals surface area contributed by atoms with E-state index >= 15 is 0 Å². The topological polar surface area (TPSA) is 88.2 Å². The van der Waals surface area contributed by atoms with Crippen LogP contribution < -0.4 is 5.73 Å². The van der Waals surface area contributed by atoms with Crippen LogP contribution in [-0.4, -0.2) is 48.2 Å². The molecule has 1 unspecified atom stereocenters. The molecule has 6 heteroatoms. The van der Waals surface area contributed by atoms with Crippen LogP contribution in [0.25, 0.3) is 0 Å². The highest BCUT2D eigenvalue weighted by Gasteiger charge is 2.24. The van der Waals surface area contributed by atoms with E-state index in [1.54, 1.807) is 26.0 Å². The van der Waals surface area contributed by atoms with E-state index in [9.17, 15) is 4.79 Å². The van der Waals surface area contributed by atoms with Crippen molar-refractivity contribution in [3.8, 4) is 0 Å². The zero-order valence-corrected chi connectivity index (χ0v) is 11.2. The highest BCUT2D eigenvalue weighted by Crippen LogP contribution is 2.14. The van der Waals surface area contributed by atoms with Crippen LogP contribution in [0.2, 0.25) is 0 Å². The number of amidine groups is 1. The fraction of sp³-hybridized carbons (Fsp3) is 0.818. The lowest BCUT2D eigenvalue weighted by molar-refractivity contribution is -0.135. The van der Waals surface area contributed by atoms with Gasteiger partial charge < -0.3 is 20.6 Å². The number of hydrogen-bond acceptors (Lipinski definition) is 4. The van der Waals surface area contributed by atoms with Crippen LogP contribution in [0.3, 0.4) is 0 Å². The number of hydrogen-bond donors (Lipinski definition) is 2. The molecule has 0 saturated heterocycles. The molecule has 1 amide bonds. The first-order chi connectivity index (χ1) is 7.73. The molecule has 0 aromatic heterocycles. The van der Waals surface area contributed by atoms with Crippen LogP contribution in [0.4, 0.5) is 0 Å². The third-order valence-corrected chi connectivity index (χ3v) is 2.72. The Labute approximate surface area is 102 Å². The van der Waals surface area contributed by atoms with E-state index < -0.39 is 5.60 Å². The minimum atomic E-state index is -0.481. The summed E-state index contributed by atoms with van der Waals surface area (Å²) in [5.41, 5.74) is 4.97. The maximum absolute atomic E-state index is 11.9. The Bertz CT molecular complexity index is 290. The molecule has 0 aromatic carbocycles. The van der Waals surface area contributed by atoms with Crippen LogP contribution in [0.5, 0.6) is 0 Å². The summed E-state index contributed by atoms with van der Waals surface area (Å²) in [6, 6.07) is 0. The average molecular weight is 245 g/mol. The molecular weight excluding hydrogens is 222 g/mol. The molecule has 0 aromatic rings. The van der Waals surface area contributed by atoms with E-state index in [1.807, 2.05) is 13.8 Å². The first-order valence-corrected chi connectivity index (χ1v) is 5.50. The number of ether oxygens (including phenoxy) is 1. The van der Waals surface area contributed by atoms with Crippen molar-refractivity contribution in [3.05, 3.63) is 0 Å². The Morgan fingerprint density at radius 3 is 2.53 bits per heavy atom. The van der Waals surface area contributed by atoms with E-state index in [1.165, 1.54) is 0 Å². The molecule has 0 fully saturated rings. The Morgan fingerprint density at radius 2 is 2.12 bits per heavy atom. The van der Waals surface area contributed by atoms with E-state index in [0.29, 0.717) is 13.0 Å². The fourth-order valence-electron chi connectivity index (χ4n) is 1.28. The number of carbonyl (C=O) groups excluding carboxylic acids is 1. The maximum Gasteiger partial charge on any atom is 0.225 e. The predicted molar refractivity (Wildman–Crippen MR) is 65.9 cm³/mol. The summed E-state index contributed by atoms with van der Waals surface area (Å²) in [5, 5.41) is 11.4. The summed E-state index contributed by atoms with van der Waals surface area (Å²) < 4.78 is 5.20. The first kappa shape index (κ1) is 15.7. The number of carbonyl (C=O) groups is 1. The van der Waals surface area contributed by atoms with Crippen molar-refractivity contribution in [3.63, 3.8) is 0 Å². The average Bonchev–Trinajstić information content (AvgIpc) is 2.27. The van der Waals surface area contributed by atoms with Gasteiger partial charge in [-0.05, 0) is 13.8 Å². The van der Waals surface area contributed by atoms with Crippen LogP contribution in [-0.2, 0) is 9.53 Å². The number of oxime groups is 1. The molecule has 0 radical (unpaired) electrons. The highest BCUT2D eigenvalue weighted by molar-refractivity contribution is 5.83. The van der Waals surface area contributed by atoms with Crippen molar-refractivity contribution >= 4 is 11.7 Å². The van der Waals surface area contributed by atoms with Gasteiger partial charge in [0.25, 0.3) is 0 Å². The van der Waals surface area contributed by atoms with Crippen LogP contribution in [0, 0.1) is 5.92 Å². The van der Waals surface area contributed by atoms with Crippen molar-refractivity contribution in [1.82, 2.24) is 4.90 Å². The molecule has 0 aliphatic rings. The quantitative estimate of drug-likeness (QED) is 0.311. The van der Waals surface area contributed by atoms with Gasteiger partial charge in [0.1, 0.15) is 5.84 Å². The first-order valence-electron chi connectivity index (χ1n) is 5.50. The molecular formula is C11H23N3O3. The van der Waals surface area contributed by atoms with Gasteiger partial charge in [-0.15, -0.1) is 0 Å². The second-order valence-electron chi connectivity index (χ2n) is 4.84. The molecule has 100 valence electrons.